The van der Waals surface area contributed by atoms with Crippen LogP contribution in [0.15, 0.2) is 29.3 Å². The topological polar surface area (TPSA) is 67.9 Å². The number of amidine groups is 1. The van der Waals surface area contributed by atoms with E-state index in [0.29, 0.717) is 0 Å². The van der Waals surface area contributed by atoms with Crippen LogP contribution in [0.5, 0.6) is 5.75 Å². The first-order valence-electron chi connectivity index (χ1n) is 5.94. The summed E-state index contributed by atoms with van der Waals surface area (Å²) in [5.74, 6) is 1.41. The fraction of sp³-hybridized carbons (Fsp3) is 0.385. The van der Waals surface area contributed by atoms with Gasteiger partial charge in [-0.15, -0.1) is 0 Å². The minimum Gasteiger partial charge on any atom is -1.00 e. The van der Waals surface area contributed by atoms with Crippen LogP contribution >= 0.6 is 0 Å². The van der Waals surface area contributed by atoms with Gasteiger partial charge >= 0.3 is 0 Å². The number of carbonyl (C=O) groups is 1. The molecule has 104 valence electrons. The quantitative estimate of drug-likeness (QED) is 0.717. The second-order valence-corrected chi connectivity index (χ2v) is 4.22. The zero-order valence-corrected chi connectivity index (χ0v) is 11.6. The molecule has 1 heterocycles. The Kier molecular flexibility index (Phi) is 5.63. The van der Waals surface area contributed by atoms with Crippen molar-refractivity contribution in [1.29, 1.82) is 0 Å². The third-order valence-electron chi connectivity index (χ3n) is 2.87. The van der Waals surface area contributed by atoms with Gasteiger partial charge in [-0.2, -0.15) is 0 Å². The summed E-state index contributed by atoms with van der Waals surface area (Å²) in [6.45, 7) is 1.09. The Balaban J connectivity index is 0.00000180. The molecule has 5 nitrogen and oxygen atoms in total. The van der Waals surface area contributed by atoms with Gasteiger partial charge in [0, 0.05) is 13.0 Å². The van der Waals surface area contributed by atoms with E-state index < -0.39 is 0 Å². The van der Waals surface area contributed by atoms with Crippen LogP contribution in [0.1, 0.15) is 12.8 Å². The molecule has 1 aliphatic rings. The second kappa shape index (κ2) is 6.99. The standard InChI is InChI=1S/C13H17N3O2.ClH/c1-18-11-6-4-10(5-7-11)15-13-3-2-8-16(13)9-12(14)17;/h4-7H,2-3,8-9H2,1H3,(H2,14,17);1H/p-1. The third kappa shape index (κ3) is 4.13. The van der Waals surface area contributed by atoms with Crippen molar-refractivity contribution in [3.05, 3.63) is 24.3 Å². The van der Waals surface area contributed by atoms with Crippen molar-refractivity contribution in [2.24, 2.45) is 10.7 Å². The molecule has 1 aromatic carbocycles. The zero-order valence-electron chi connectivity index (χ0n) is 10.8. The molecule has 0 unspecified atom stereocenters. The van der Waals surface area contributed by atoms with E-state index in [1.165, 1.54) is 0 Å². The first kappa shape index (κ1) is 15.3. The van der Waals surface area contributed by atoms with Gasteiger partial charge < -0.3 is 27.8 Å². The number of nitrogens with two attached hydrogens (primary N) is 1. The number of likely N-dealkylation sites (tertiary alicyclic amines) is 1. The molecule has 19 heavy (non-hydrogen) atoms. The highest BCUT2D eigenvalue weighted by Crippen LogP contribution is 2.21. The predicted molar refractivity (Wildman–Crippen MR) is 70.1 cm³/mol. The van der Waals surface area contributed by atoms with Gasteiger partial charge in [-0.05, 0) is 30.7 Å². The largest absolute Gasteiger partial charge is 1.00 e. The number of nitrogens with zero attached hydrogens (tertiary/aromatic N) is 2. The highest BCUT2D eigenvalue weighted by atomic mass is 35.5. The van der Waals surface area contributed by atoms with E-state index in [2.05, 4.69) is 4.99 Å². The molecule has 2 N–H and O–H groups in total. The van der Waals surface area contributed by atoms with Crippen LogP contribution < -0.4 is 22.9 Å². The molecule has 0 atom stereocenters. The van der Waals surface area contributed by atoms with Gasteiger partial charge in [-0.25, -0.2) is 4.99 Å². The minimum atomic E-state index is -0.320. The molecule has 0 spiro atoms. The lowest BCUT2D eigenvalue weighted by Crippen LogP contribution is -3.00. The predicted octanol–water partition coefficient (Wildman–Crippen LogP) is -1.69. The van der Waals surface area contributed by atoms with Crippen molar-refractivity contribution < 1.29 is 21.9 Å². The average Bonchev–Trinajstić information content (AvgIpc) is 2.77. The number of rotatable bonds is 4. The monoisotopic (exact) mass is 282 g/mol. The molecular formula is C13H17ClN3O2-. The number of benzene rings is 1. The third-order valence-corrected chi connectivity index (χ3v) is 2.87. The number of halogens is 1. The van der Waals surface area contributed by atoms with Crippen LogP contribution in [0.25, 0.3) is 0 Å². The summed E-state index contributed by atoms with van der Waals surface area (Å²) in [5, 5.41) is 0. The first-order valence-corrected chi connectivity index (χ1v) is 5.94. The Labute approximate surface area is 118 Å². The highest BCUT2D eigenvalue weighted by Gasteiger charge is 2.19. The van der Waals surface area contributed by atoms with Gasteiger partial charge in [0.1, 0.15) is 11.6 Å². The molecule has 1 saturated heterocycles. The van der Waals surface area contributed by atoms with Crippen molar-refractivity contribution in [2.75, 3.05) is 20.2 Å². The molecule has 2 rings (SSSR count). The number of primary amides is 1. The molecular weight excluding hydrogens is 266 g/mol. The number of hydrogen-bond acceptors (Lipinski definition) is 3. The summed E-state index contributed by atoms with van der Waals surface area (Å²) < 4.78 is 5.09. The Morgan fingerprint density at radius 3 is 2.68 bits per heavy atom. The highest BCUT2D eigenvalue weighted by molar-refractivity contribution is 5.90. The van der Waals surface area contributed by atoms with Crippen molar-refractivity contribution in [3.8, 4) is 5.75 Å². The number of hydrogen-bond donors (Lipinski definition) is 1. The zero-order chi connectivity index (χ0) is 13.0. The number of amides is 1. The average molecular weight is 283 g/mol. The maximum absolute atomic E-state index is 10.9. The molecule has 1 fully saturated rings. The van der Waals surface area contributed by atoms with Crippen molar-refractivity contribution in [2.45, 2.75) is 12.8 Å². The lowest BCUT2D eigenvalue weighted by molar-refractivity contribution is -0.118. The maximum Gasteiger partial charge on any atom is 0.236 e. The van der Waals surface area contributed by atoms with Gasteiger partial charge in [0.25, 0.3) is 0 Å². The van der Waals surface area contributed by atoms with E-state index in [-0.39, 0.29) is 24.9 Å². The van der Waals surface area contributed by atoms with Gasteiger partial charge in [0.15, 0.2) is 0 Å². The van der Waals surface area contributed by atoms with E-state index in [1.807, 2.05) is 29.2 Å². The summed E-state index contributed by atoms with van der Waals surface area (Å²) in [6, 6.07) is 7.53. The molecule has 0 bridgehead atoms. The molecule has 1 aromatic rings. The van der Waals surface area contributed by atoms with Crippen LogP contribution in [-0.2, 0) is 4.79 Å². The summed E-state index contributed by atoms with van der Waals surface area (Å²) >= 11 is 0. The summed E-state index contributed by atoms with van der Waals surface area (Å²) in [5.41, 5.74) is 6.08. The smallest absolute Gasteiger partial charge is 0.236 e. The van der Waals surface area contributed by atoms with Crippen molar-refractivity contribution in [3.63, 3.8) is 0 Å². The molecule has 0 aliphatic carbocycles. The van der Waals surface area contributed by atoms with Crippen LogP contribution in [-0.4, -0.2) is 36.8 Å². The number of methoxy groups -OCH3 is 1. The van der Waals surface area contributed by atoms with Crippen LogP contribution in [0, 0.1) is 0 Å². The van der Waals surface area contributed by atoms with Crippen LogP contribution in [0.3, 0.4) is 0 Å². The van der Waals surface area contributed by atoms with E-state index >= 15 is 0 Å². The lowest BCUT2D eigenvalue weighted by atomic mass is 10.3. The molecule has 1 aliphatic heterocycles. The van der Waals surface area contributed by atoms with Crippen molar-refractivity contribution in [1.82, 2.24) is 4.90 Å². The Bertz CT molecular complexity index is 459. The van der Waals surface area contributed by atoms with Crippen LogP contribution in [0.4, 0.5) is 5.69 Å². The van der Waals surface area contributed by atoms with Gasteiger partial charge in [-0.1, -0.05) is 0 Å². The second-order valence-electron chi connectivity index (χ2n) is 4.22. The molecule has 0 saturated carbocycles. The van der Waals surface area contributed by atoms with Gasteiger partial charge in [-0.3, -0.25) is 4.79 Å². The van der Waals surface area contributed by atoms with E-state index in [9.17, 15) is 4.79 Å². The minimum absolute atomic E-state index is 0. The Hall–Kier alpha value is -1.75. The maximum atomic E-state index is 10.9. The summed E-state index contributed by atoms with van der Waals surface area (Å²) in [4.78, 5) is 17.4. The summed E-state index contributed by atoms with van der Waals surface area (Å²) in [6.07, 6.45) is 1.90. The lowest BCUT2D eigenvalue weighted by Gasteiger charge is -2.16. The van der Waals surface area contributed by atoms with E-state index in [1.54, 1.807) is 7.11 Å². The molecule has 0 radical (unpaired) electrons. The van der Waals surface area contributed by atoms with Crippen molar-refractivity contribution >= 4 is 17.4 Å². The Morgan fingerprint density at radius 1 is 1.42 bits per heavy atom. The number of carbonyl (C=O) groups excluding carboxylic acids is 1. The van der Waals surface area contributed by atoms with Gasteiger partial charge in [0.05, 0.1) is 19.3 Å². The van der Waals surface area contributed by atoms with Crippen LogP contribution in [0.2, 0.25) is 0 Å². The first-order chi connectivity index (χ1) is 8.69. The molecule has 6 heteroatoms. The fourth-order valence-electron chi connectivity index (χ4n) is 2.01. The number of ether oxygens (including phenoxy) is 1. The number of aliphatic imine (C=N–C) groups is 1. The van der Waals surface area contributed by atoms with E-state index in [4.69, 9.17) is 10.5 Å². The normalized spacial score (nSPS) is 16.3. The fourth-order valence-corrected chi connectivity index (χ4v) is 2.01. The molecule has 1 amide bonds. The SMILES string of the molecule is COc1ccc(N=C2CCCN2CC(N)=O)cc1.[Cl-]. The molecule has 0 aromatic heterocycles. The van der Waals surface area contributed by atoms with E-state index in [0.717, 1.165) is 36.7 Å². The Morgan fingerprint density at radius 2 is 2.11 bits per heavy atom. The summed E-state index contributed by atoms with van der Waals surface area (Å²) in [7, 11) is 1.63. The van der Waals surface area contributed by atoms with Gasteiger partial charge in [0.2, 0.25) is 5.91 Å².